The Labute approximate surface area is 430 Å². The van der Waals surface area contributed by atoms with Crippen molar-refractivity contribution < 1.29 is 28.6 Å². The number of hydrogen-bond acceptors (Lipinski definition) is 6. The molecule has 0 amide bonds. The van der Waals surface area contributed by atoms with Crippen molar-refractivity contribution in [3.63, 3.8) is 0 Å². The highest BCUT2D eigenvalue weighted by Crippen LogP contribution is 2.17. The third-order valence-corrected chi connectivity index (χ3v) is 13.9. The zero-order valence-electron chi connectivity index (χ0n) is 46.6. The Balaban J connectivity index is 4.34. The fourth-order valence-corrected chi connectivity index (χ4v) is 9.26. The summed E-state index contributed by atoms with van der Waals surface area (Å²) in [7, 11) is 0. The summed E-state index contributed by atoms with van der Waals surface area (Å²) in [5.74, 6) is -0.859. The third kappa shape index (κ3) is 56.7. The Kier molecular flexibility index (Phi) is 56.7. The fourth-order valence-electron chi connectivity index (χ4n) is 9.26. The van der Waals surface area contributed by atoms with Gasteiger partial charge in [0, 0.05) is 19.3 Å². The zero-order valence-corrected chi connectivity index (χ0v) is 46.6. The molecule has 0 aliphatic heterocycles. The minimum Gasteiger partial charge on any atom is -0.462 e. The summed E-state index contributed by atoms with van der Waals surface area (Å²) in [6.07, 6.45) is 68.8. The molecular formula is C63H118O6. The SMILES string of the molecule is CCCCCCCCC/C=C\CCCCCCCCCC(=O)OCC(COC(=O)CCCCCCC/C=C\CCCCCCCCC)OC(=O)CCCCCCCCCCCCCCCCCCC. The summed E-state index contributed by atoms with van der Waals surface area (Å²) in [5, 5.41) is 0. The summed E-state index contributed by atoms with van der Waals surface area (Å²) in [4.78, 5) is 38.2. The third-order valence-electron chi connectivity index (χ3n) is 13.9. The predicted octanol–water partition coefficient (Wildman–Crippen LogP) is 20.7. The molecule has 1 unspecified atom stereocenters. The van der Waals surface area contributed by atoms with Crippen LogP contribution in [0.2, 0.25) is 0 Å². The van der Waals surface area contributed by atoms with Crippen LogP contribution < -0.4 is 0 Å². The molecule has 0 aromatic rings. The molecule has 0 spiro atoms. The maximum Gasteiger partial charge on any atom is 0.306 e. The molecule has 406 valence electrons. The van der Waals surface area contributed by atoms with E-state index in [1.807, 2.05) is 0 Å². The van der Waals surface area contributed by atoms with Crippen LogP contribution in [-0.2, 0) is 28.6 Å². The molecule has 1 atom stereocenters. The van der Waals surface area contributed by atoms with Crippen molar-refractivity contribution in [1.29, 1.82) is 0 Å². The van der Waals surface area contributed by atoms with Crippen LogP contribution in [0, 0.1) is 0 Å². The van der Waals surface area contributed by atoms with Gasteiger partial charge in [0.05, 0.1) is 0 Å². The van der Waals surface area contributed by atoms with Crippen LogP contribution in [0.1, 0.15) is 342 Å². The Bertz CT molecular complexity index is 1110. The summed E-state index contributed by atoms with van der Waals surface area (Å²) in [6, 6.07) is 0. The molecule has 0 saturated heterocycles. The topological polar surface area (TPSA) is 78.9 Å². The van der Waals surface area contributed by atoms with Gasteiger partial charge in [-0.05, 0) is 70.6 Å². The van der Waals surface area contributed by atoms with Crippen LogP contribution in [0.15, 0.2) is 24.3 Å². The van der Waals surface area contributed by atoms with Crippen LogP contribution in [0.3, 0.4) is 0 Å². The van der Waals surface area contributed by atoms with E-state index in [0.717, 1.165) is 64.2 Å². The molecule has 6 heteroatoms. The van der Waals surface area contributed by atoms with Crippen LogP contribution in [-0.4, -0.2) is 37.2 Å². The molecule has 0 aromatic heterocycles. The first-order chi connectivity index (χ1) is 34.0. The number of carbonyl (C=O) groups excluding carboxylic acids is 3. The second kappa shape index (κ2) is 58.5. The number of esters is 3. The van der Waals surface area contributed by atoms with E-state index >= 15 is 0 Å². The normalized spacial score (nSPS) is 12.1. The van der Waals surface area contributed by atoms with Crippen molar-refractivity contribution in [3.05, 3.63) is 24.3 Å². The van der Waals surface area contributed by atoms with E-state index in [9.17, 15) is 14.4 Å². The fraction of sp³-hybridized carbons (Fsp3) is 0.889. The monoisotopic (exact) mass is 971 g/mol. The molecule has 0 heterocycles. The summed E-state index contributed by atoms with van der Waals surface area (Å²) >= 11 is 0. The van der Waals surface area contributed by atoms with Crippen molar-refractivity contribution >= 4 is 17.9 Å². The Morgan fingerprint density at radius 3 is 0.725 bits per heavy atom. The second-order valence-electron chi connectivity index (χ2n) is 21.0. The molecular weight excluding hydrogens is 853 g/mol. The summed E-state index contributed by atoms with van der Waals surface area (Å²) < 4.78 is 16.9. The average Bonchev–Trinajstić information content (AvgIpc) is 3.35. The Morgan fingerprint density at radius 2 is 0.478 bits per heavy atom. The van der Waals surface area contributed by atoms with Gasteiger partial charge >= 0.3 is 17.9 Å². The smallest absolute Gasteiger partial charge is 0.306 e. The van der Waals surface area contributed by atoms with Gasteiger partial charge in [0.25, 0.3) is 0 Å². The number of carbonyl (C=O) groups is 3. The van der Waals surface area contributed by atoms with Crippen molar-refractivity contribution in [2.75, 3.05) is 13.2 Å². The molecule has 0 aliphatic rings. The molecule has 0 saturated carbocycles. The lowest BCUT2D eigenvalue weighted by atomic mass is 10.0. The van der Waals surface area contributed by atoms with Crippen molar-refractivity contribution in [2.24, 2.45) is 0 Å². The number of ether oxygens (including phenoxy) is 3. The van der Waals surface area contributed by atoms with Gasteiger partial charge in [-0.25, -0.2) is 0 Å². The predicted molar refractivity (Wildman–Crippen MR) is 298 cm³/mol. The van der Waals surface area contributed by atoms with E-state index in [2.05, 4.69) is 45.1 Å². The lowest BCUT2D eigenvalue weighted by molar-refractivity contribution is -0.167. The molecule has 0 fully saturated rings. The van der Waals surface area contributed by atoms with E-state index < -0.39 is 6.10 Å². The highest BCUT2D eigenvalue weighted by atomic mass is 16.6. The van der Waals surface area contributed by atoms with Crippen molar-refractivity contribution in [1.82, 2.24) is 0 Å². The van der Waals surface area contributed by atoms with Crippen LogP contribution in [0.4, 0.5) is 0 Å². The molecule has 0 radical (unpaired) electrons. The number of hydrogen-bond donors (Lipinski definition) is 0. The minimum atomic E-state index is -0.773. The van der Waals surface area contributed by atoms with Crippen LogP contribution in [0.25, 0.3) is 0 Å². The molecule has 69 heavy (non-hydrogen) atoms. The number of unbranched alkanes of at least 4 members (excludes halogenated alkanes) is 42. The van der Waals surface area contributed by atoms with E-state index in [4.69, 9.17) is 14.2 Å². The lowest BCUT2D eigenvalue weighted by Crippen LogP contribution is -2.30. The molecule has 0 aliphatic carbocycles. The van der Waals surface area contributed by atoms with Gasteiger partial charge < -0.3 is 14.2 Å². The number of allylic oxidation sites excluding steroid dienone is 4. The van der Waals surface area contributed by atoms with E-state index in [0.29, 0.717) is 19.3 Å². The van der Waals surface area contributed by atoms with Gasteiger partial charge in [-0.15, -0.1) is 0 Å². The maximum absolute atomic E-state index is 12.9. The molecule has 0 bridgehead atoms. The maximum atomic E-state index is 12.9. The lowest BCUT2D eigenvalue weighted by Gasteiger charge is -2.18. The molecule has 0 aromatic carbocycles. The largest absolute Gasteiger partial charge is 0.462 e. The van der Waals surface area contributed by atoms with Crippen molar-refractivity contribution in [2.45, 2.75) is 348 Å². The van der Waals surface area contributed by atoms with E-state index in [1.165, 1.54) is 238 Å². The quantitative estimate of drug-likeness (QED) is 0.0261. The van der Waals surface area contributed by atoms with Gasteiger partial charge in [-0.1, -0.05) is 276 Å². The molecule has 6 nitrogen and oxygen atoms in total. The van der Waals surface area contributed by atoms with Crippen molar-refractivity contribution in [3.8, 4) is 0 Å². The Morgan fingerprint density at radius 1 is 0.275 bits per heavy atom. The van der Waals surface area contributed by atoms with Crippen LogP contribution in [0.5, 0.6) is 0 Å². The van der Waals surface area contributed by atoms with Gasteiger partial charge in [0.15, 0.2) is 6.10 Å². The molecule has 0 N–H and O–H groups in total. The highest BCUT2D eigenvalue weighted by molar-refractivity contribution is 5.71. The average molecular weight is 972 g/mol. The molecule has 0 rings (SSSR count). The van der Waals surface area contributed by atoms with Gasteiger partial charge in [0.1, 0.15) is 13.2 Å². The van der Waals surface area contributed by atoms with Crippen LogP contribution >= 0.6 is 0 Å². The standard InChI is InChI=1S/C63H118O6/c1-4-7-10-13-16-19-22-25-28-31-33-35-38-41-44-47-50-53-56-62(65)68-59-60(58-67-61(64)55-52-49-46-43-40-37-34-30-27-24-21-18-15-12-9-6-3)69-63(66)57-54-51-48-45-42-39-36-32-29-26-23-20-17-14-11-8-5-2/h28,30-31,34,60H,4-27,29,32-33,35-59H2,1-3H3/b31-28-,34-30-. The van der Waals surface area contributed by atoms with Gasteiger partial charge in [-0.2, -0.15) is 0 Å². The zero-order chi connectivity index (χ0) is 50.0. The summed E-state index contributed by atoms with van der Waals surface area (Å²) in [6.45, 7) is 6.68. The first kappa shape index (κ1) is 66.9. The number of rotatable bonds is 57. The van der Waals surface area contributed by atoms with E-state index in [1.54, 1.807) is 0 Å². The Hall–Kier alpha value is -2.11. The minimum absolute atomic E-state index is 0.0715. The highest BCUT2D eigenvalue weighted by Gasteiger charge is 2.19. The summed E-state index contributed by atoms with van der Waals surface area (Å²) in [5.41, 5.74) is 0. The van der Waals surface area contributed by atoms with Gasteiger partial charge in [0.2, 0.25) is 0 Å². The van der Waals surface area contributed by atoms with E-state index in [-0.39, 0.29) is 31.1 Å². The second-order valence-corrected chi connectivity index (χ2v) is 21.0. The first-order valence-corrected chi connectivity index (χ1v) is 30.8. The first-order valence-electron chi connectivity index (χ1n) is 30.8. The van der Waals surface area contributed by atoms with Gasteiger partial charge in [-0.3, -0.25) is 14.4 Å².